The van der Waals surface area contributed by atoms with Gasteiger partial charge in [0.05, 0.1) is 10.6 Å². The molecule has 0 aliphatic heterocycles. The van der Waals surface area contributed by atoms with E-state index in [0.717, 1.165) is 18.9 Å². The van der Waals surface area contributed by atoms with Gasteiger partial charge in [0, 0.05) is 12.0 Å². The molecule has 1 fully saturated rings. The molecule has 19 heavy (non-hydrogen) atoms. The predicted octanol–water partition coefficient (Wildman–Crippen LogP) is 3.21. The van der Waals surface area contributed by atoms with Crippen molar-refractivity contribution in [1.82, 2.24) is 0 Å². The Bertz CT molecular complexity index is 539. The summed E-state index contributed by atoms with van der Waals surface area (Å²) in [5.41, 5.74) is 0.398. The van der Waals surface area contributed by atoms with Crippen molar-refractivity contribution in [2.75, 3.05) is 5.32 Å². The number of nitrogens with one attached hydrogen (secondary N) is 1. The molecule has 6 heteroatoms. The molecule has 0 heterocycles. The number of nitro groups is 1. The van der Waals surface area contributed by atoms with E-state index in [1.165, 1.54) is 6.07 Å². The Kier molecular flexibility index (Phi) is 3.50. The number of rotatable bonds is 4. The van der Waals surface area contributed by atoms with Crippen molar-refractivity contribution in [3.8, 4) is 0 Å². The Hall–Kier alpha value is -1.98. The van der Waals surface area contributed by atoms with Crippen LogP contribution in [-0.2, 0) is 4.79 Å². The third-order valence-electron chi connectivity index (χ3n) is 3.12. The van der Waals surface area contributed by atoms with Crippen molar-refractivity contribution >= 4 is 17.3 Å². The van der Waals surface area contributed by atoms with E-state index in [1.807, 2.05) is 0 Å². The van der Waals surface area contributed by atoms with E-state index in [2.05, 4.69) is 5.32 Å². The van der Waals surface area contributed by atoms with Crippen LogP contribution in [0.3, 0.4) is 0 Å². The normalized spacial score (nSPS) is 14.5. The van der Waals surface area contributed by atoms with E-state index in [9.17, 15) is 19.3 Å². The Morgan fingerprint density at radius 2 is 2.11 bits per heavy atom. The Balaban J connectivity index is 2.40. The number of anilines is 1. The summed E-state index contributed by atoms with van der Waals surface area (Å²) in [7, 11) is 0. The van der Waals surface area contributed by atoms with Crippen LogP contribution in [0.4, 0.5) is 15.8 Å². The van der Waals surface area contributed by atoms with Crippen molar-refractivity contribution in [3.05, 3.63) is 33.6 Å². The largest absolute Gasteiger partial charge is 0.325 e. The summed E-state index contributed by atoms with van der Waals surface area (Å²) in [5.74, 6) is -1.13. The number of hydrogen-bond acceptors (Lipinski definition) is 3. The first-order valence-corrected chi connectivity index (χ1v) is 6.19. The van der Waals surface area contributed by atoms with E-state index in [-0.39, 0.29) is 17.7 Å². The first kappa shape index (κ1) is 13.5. The smallest absolute Gasteiger partial charge is 0.306 e. The second-order valence-corrected chi connectivity index (χ2v) is 5.07. The summed E-state index contributed by atoms with van der Waals surface area (Å²) in [6, 6.07) is 2.29. The summed E-state index contributed by atoms with van der Waals surface area (Å²) in [6.45, 7) is 3.45. The van der Waals surface area contributed by atoms with E-state index in [0.29, 0.717) is 11.3 Å². The first-order valence-electron chi connectivity index (χ1n) is 6.19. The van der Waals surface area contributed by atoms with Gasteiger partial charge in [-0.2, -0.15) is 4.39 Å². The number of carbonyl (C=O) groups is 1. The zero-order valence-corrected chi connectivity index (χ0v) is 10.8. The molecule has 1 amide bonds. The predicted molar refractivity (Wildman–Crippen MR) is 68.5 cm³/mol. The monoisotopic (exact) mass is 266 g/mol. The third kappa shape index (κ3) is 2.89. The van der Waals surface area contributed by atoms with Crippen LogP contribution in [0.15, 0.2) is 12.1 Å². The minimum atomic E-state index is -0.852. The fourth-order valence-corrected chi connectivity index (χ4v) is 1.83. The fourth-order valence-electron chi connectivity index (χ4n) is 1.83. The summed E-state index contributed by atoms with van der Waals surface area (Å²) in [6.07, 6.45) is 1.84. The highest BCUT2D eigenvalue weighted by molar-refractivity contribution is 5.93. The van der Waals surface area contributed by atoms with Crippen LogP contribution < -0.4 is 5.32 Å². The molecule has 1 aliphatic rings. The summed E-state index contributed by atoms with van der Waals surface area (Å²) in [4.78, 5) is 21.7. The van der Waals surface area contributed by atoms with Crippen LogP contribution in [-0.4, -0.2) is 10.8 Å². The maximum atomic E-state index is 13.6. The molecule has 0 aromatic heterocycles. The van der Waals surface area contributed by atoms with Gasteiger partial charge >= 0.3 is 5.69 Å². The van der Waals surface area contributed by atoms with E-state index in [1.54, 1.807) is 13.8 Å². The second-order valence-electron chi connectivity index (χ2n) is 5.07. The maximum Gasteiger partial charge on any atom is 0.306 e. The number of carbonyl (C=O) groups excluding carboxylic acids is 1. The molecular formula is C13H15FN2O3. The Morgan fingerprint density at radius 3 is 2.58 bits per heavy atom. The zero-order chi connectivity index (χ0) is 14.2. The molecule has 0 unspecified atom stereocenters. The van der Waals surface area contributed by atoms with Gasteiger partial charge in [0.2, 0.25) is 11.7 Å². The van der Waals surface area contributed by atoms with Gasteiger partial charge in [0.25, 0.3) is 0 Å². The molecule has 1 saturated carbocycles. The average molecular weight is 266 g/mol. The van der Waals surface area contributed by atoms with Crippen LogP contribution in [0.5, 0.6) is 0 Å². The molecule has 1 aromatic carbocycles. The maximum absolute atomic E-state index is 13.6. The average Bonchev–Trinajstić information content (AvgIpc) is 3.14. The van der Waals surface area contributed by atoms with Gasteiger partial charge in [-0.1, -0.05) is 13.8 Å². The van der Waals surface area contributed by atoms with E-state index in [4.69, 9.17) is 0 Å². The molecule has 0 bridgehead atoms. The van der Waals surface area contributed by atoms with E-state index >= 15 is 0 Å². The molecule has 0 radical (unpaired) electrons. The molecule has 1 aliphatic carbocycles. The van der Waals surface area contributed by atoms with Gasteiger partial charge in [-0.25, -0.2) is 0 Å². The fraction of sp³-hybridized carbons (Fsp3) is 0.462. The molecule has 2 rings (SSSR count). The van der Waals surface area contributed by atoms with Crippen molar-refractivity contribution in [2.24, 2.45) is 5.92 Å². The number of amides is 1. The van der Waals surface area contributed by atoms with Gasteiger partial charge in [0.15, 0.2) is 0 Å². The molecule has 0 saturated heterocycles. The van der Waals surface area contributed by atoms with Crippen molar-refractivity contribution < 1.29 is 14.1 Å². The summed E-state index contributed by atoms with van der Waals surface area (Å²) >= 11 is 0. The van der Waals surface area contributed by atoms with Gasteiger partial charge in [0.1, 0.15) is 0 Å². The van der Waals surface area contributed by atoms with Crippen molar-refractivity contribution in [1.29, 1.82) is 0 Å². The van der Waals surface area contributed by atoms with Crippen LogP contribution in [0.1, 0.15) is 38.2 Å². The number of halogens is 1. The highest BCUT2D eigenvalue weighted by Gasteiger charge is 2.30. The minimum absolute atomic E-state index is 0.192. The molecule has 1 aromatic rings. The molecule has 0 spiro atoms. The minimum Gasteiger partial charge on any atom is -0.325 e. The molecule has 5 nitrogen and oxygen atoms in total. The first-order chi connectivity index (χ1) is 8.90. The Morgan fingerprint density at radius 1 is 1.47 bits per heavy atom. The van der Waals surface area contributed by atoms with Crippen LogP contribution in [0.25, 0.3) is 0 Å². The van der Waals surface area contributed by atoms with Crippen molar-refractivity contribution in [3.63, 3.8) is 0 Å². The van der Waals surface area contributed by atoms with Crippen molar-refractivity contribution in [2.45, 2.75) is 32.6 Å². The highest BCUT2D eigenvalue weighted by atomic mass is 19.1. The second kappa shape index (κ2) is 4.95. The molecular weight excluding hydrogens is 251 g/mol. The van der Waals surface area contributed by atoms with Gasteiger partial charge < -0.3 is 5.32 Å². The quantitative estimate of drug-likeness (QED) is 0.671. The lowest BCUT2D eigenvalue weighted by molar-refractivity contribution is -0.387. The summed E-state index contributed by atoms with van der Waals surface area (Å²) < 4.78 is 13.6. The molecule has 1 N–H and O–H groups in total. The van der Waals surface area contributed by atoms with Crippen LogP contribution in [0.2, 0.25) is 0 Å². The lowest BCUT2D eigenvalue weighted by Crippen LogP contribution is -2.19. The van der Waals surface area contributed by atoms with Crippen LogP contribution >= 0.6 is 0 Å². The Labute approximate surface area is 110 Å². The zero-order valence-electron chi connectivity index (χ0n) is 10.8. The number of benzene rings is 1. The number of hydrogen-bond donors (Lipinski definition) is 1. The number of nitrogens with zero attached hydrogens (tertiary/aromatic N) is 1. The van der Waals surface area contributed by atoms with E-state index < -0.39 is 16.4 Å². The van der Waals surface area contributed by atoms with Crippen LogP contribution in [0, 0.1) is 21.8 Å². The summed E-state index contributed by atoms with van der Waals surface area (Å²) in [5, 5.41) is 13.4. The molecule has 0 atom stereocenters. The van der Waals surface area contributed by atoms with Gasteiger partial charge in [-0.3, -0.25) is 14.9 Å². The number of nitro benzene ring substituents is 1. The van der Waals surface area contributed by atoms with Gasteiger partial charge in [-0.15, -0.1) is 0 Å². The molecule has 102 valence electrons. The topological polar surface area (TPSA) is 72.2 Å². The van der Waals surface area contributed by atoms with Gasteiger partial charge in [-0.05, 0) is 30.4 Å². The third-order valence-corrected chi connectivity index (χ3v) is 3.12. The lowest BCUT2D eigenvalue weighted by Gasteiger charge is -2.12. The lowest BCUT2D eigenvalue weighted by atomic mass is 10.1. The standard InChI is InChI=1S/C13H15FN2O3/c1-7(2)13(17)15-11-6-12(16(18)19)10(14)5-9(11)8-3-4-8/h5-8H,3-4H2,1-2H3,(H,15,17). The highest BCUT2D eigenvalue weighted by Crippen LogP contribution is 2.45. The SMILES string of the molecule is CC(C)C(=O)Nc1cc([N+](=O)[O-])c(F)cc1C1CC1.